The number of nitrogens with one attached hydrogen (secondary N) is 1. The fraction of sp³-hybridized carbons (Fsp3) is 0.300. The van der Waals surface area contributed by atoms with Crippen LogP contribution in [0, 0.1) is 10.1 Å². The van der Waals surface area contributed by atoms with E-state index in [0.29, 0.717) is 13.0 Å². The Morgan fingerprint density at radius 2 is 2.00 bits per heavy atom. The summed E-state index contributed by atoms with van der Waals surface area (Å²) in [5, 5.41) is 13.4. The third-order valence-electron chi connectivity index (χ3n) is 1.88. The molecule has 0 aliphatic rings. The van der Waals surface area contributed by atoms with Crippen LogP contribution < -0.4 is 5.32 Å². The third kappa shape index (κ3) is 3.76. The average Bonchev–Trinajstić information content (AvgIpc) is 2.18. The van der Waals surface area contributed by atoms with Crippen molar-refractivity contribution >= 4 is 17.2 Å². The Hall–Kier alpha value is -1.91. The van der Waals surface area contributed by atoms with E-state index in [2.05, 4.69) is 5.32 Å². The number of carbonyl (C=O) groups is 1. The molecule has 0 aliphatic carbocycles. The highest BCUT2D eigenvalue weighted by Gasteiger charge is 2.03. The van der Waals surface area contributed by atoms with Gasteiger partial charge >= 0.3 is 0 Å². The second kappa shape index (κ2) is 5.09. The van der Waals surface area contributed by atoms with E-state index in [1.54, 1.807) is 12.1 Å². The molecular formula is C10H12N2O3. The number of benzene rings is 1. The molecule has 1 aromatic rings. The number of nitro groups is 1. The van der Waals surface area contributed by atoms with Gasteiger partial charge in [-0.05, 0) is 19.1 Å². The summed E-state index contributed by atoms with van der Waals surface area (Å²) in [4.78, 5) is 20.6. The van der Waals surface area contributed by atoms with Gasteiger partial charge < -0.3 is 5.32 Å². The van der Waals surface area contributed by atoms with E-state index in [1.807, 2.05) is 0 Å². The highest BCUT2D eigenvalue weighted by atomic mass is 16.6. The minimum Gasteiger partial charge on any atom is -0.385 e. The van der Waals surface area contributed by atoms with Crippen LogP contribution in [0.5, 0.6) is 0 Å². The molecule has 0 saturated heterocycles. The largest absolute Gasteiger partial charge is 0.385 e. The number of hydrogen-bond acceptors (Lipinski definition) is 4. The van der Waals surface area contributed by atoms with E-state index < -0.39 is 4.92 Å². The van der Waals surface area contributed by atoms with E-state index in [9.17, 15) is 14.9 Å². The fourth-order valence-electron chi connectivity index (χ4n) is 1.08. The number of non-ortho nitro benzene ring substituents is 1. The summed E-state index contributed by atoms with van der Waals surface area (Å²) >= 11 is 0. The molecule has 0 heterocycles. The van der Waals surface area contributed by atoms with Gasteiger partial charge in [0.25, 0.3) is 5.69 Å². The lowest BCUT2D eigenvalue weighted by atomic mass is 10.2. The lowest BCUT2D eigenvalue weighted by Crippen LogP contribution is -2.05. The summed E-state index contributed by atoms with van der Waals surface area (Å²) in [5.74, 6) is 0.115. The molecule has 5 heteroatoms. The van der Waals surface area contributed by atoms with Gasteiger partial charge in [0.1, 0.15) is 5.78 Å². The molecule has 80 valence electrons. The third-order valence-corrected chi connectivity index (χ3v) is 1.88. The molecule has 0 unspecified atom stereocenters. The fourth-order valence-corrected chi connectivity index (χ4v) is 1.08. The van der Waals surface area contributed by atoms with Crippen molar-refractivity contribution in [2.45, 2.75) is 13.3 Å². The molecule has 0 aliphatic heterocycles. The number of rotatable bonds is 5. The molecule has 0 fully saturated rings. The zero-order valence-corrected chi connectivity index (χ0v) is 8.40. The van der Waals surface area contributed by atoms with Crippen LogP contribution in [-0.4, -0.2) is 17.3 Å². The van der Waals surface area contributed by atoms with E-state index >= 15 is 0 Å². The molecule has 0 aromatic heterocycles. The summed E-state index contributed by atoms with van der Waals surface area (Å²) in [6.45, 7) is 2.07. The van der Waals surface area contributed by atoms with Gasteiger partial charge in [-0.25, -0.2) is 0 Å². The Labute approximate surface area is 87.3 Å². The molecule has 0 spiro atoms. The lowest BCUT2D eigenvalue weighted by molar-refractivity contribution is -0.384. The van der Waals surface area contributed by atoms with Crippen molar-refractivity contribution in [1.29, 1.82) is 0 Å². The van der Waals surface area contributed by atoms with Gasteiger partial charge in [0.05, 0.1) is 4.92 Å². The van der Waals surface area contributed by atoms with Gasteiger partial charge in [-0.3, -0.25) is 14.9 Å². The van der Waals surface area contributed by atoms with Crippen molar-refractivity contribution in [3.63, 3.8) is 0 Å². The quantitative estimate of drug-likeness (QED) is 0.593. The maximum Gasteiger partial charge on any atom is 0.269 e. The molecule has 0 radical (unpaired) electrons. The maximum absolute atomic E-state index is 10.6. The first-order valence-electron chi connectivity index (χ1n) is 4.57. The van der Waals surface area contributed by atoms with Crippen molar-refractivity contribution in [2.75, 3.05) is 11.9 Å². The van der Waals surface area contributed by atoms with Crippen molar-refractivity contribution in [2.24, 2.45) is 0 Å². The molecule has 0 bridgehead atoms. The van der Waals surface area contributed by atoms with Crippen molar-refractivity contribution in [1.82, 2.24) is 0 Å². The number of anilines is 1. The van der Waals surface area contributed by atoms with E-state index in [1.165, 1.54) is 19.1 Å². The Morgan fingerprint density at radius 3 is 2.47 bits per heavy atom. The maximum atomic E-state index is 10.6. The Kier molecular flexibility index (Phi) is 3.79. The van der Waals surface area contributed by atoms with Crippen LogP contribution in [0.3, 0.4) is 0 Å². The van der Waals surface area contributed by atoms with E-state index in [-0.39, 0.29) is 11.5 Å². The predicted molar refractivity (Wildman–Crippen MR) is 56.9 cm³/mol. The van der Waals surface area contributed by atoms with Crippen LogP contribution in [0.4, 0.5) is 11.4 Å². The average molecular weight is 208 g/mol. The topological polar surface area (TPSA) is 72.2 Å². The molecule has 1 rings (SSSR count). The molecule has 1 N–H and O–H groups in total. The highest BCUT2D eigenvalue weighted by molar-refractivity contribution is 5.76. The standard InChI is InChI=1S/C10H12N2O3/c1-8(13)6-7-11-9-2-4-10(5-3-9)12(14)15/h2-5,11H,6-7H2,1H3. The molecule has 0 amide bonds. The van der Waals surface area contributed by atoms with Crippen LogP contribution in [-0.2, 0) is 4.79 Å². The van der Waals surface area contributed by atoms with Crippen LogP contribution in [0.2, 0.25) is 0 Å². The number of hydrogen-bond donors (Lipinski definition) is 1. The van der Waals surface area contributed by atoms with Gasteiger partial charge in [-0.2, -0.15) is 0 Å². The summed E-state index contributed by atoms with van der Waals surface area (Å²) in [6, 6.07) is 6.10. The monoisotopic (exact) mass is 208 g/mol. The number of nitrogens with zero attached hydrogens (tertiary/aromatic N) is 1. The Morgan fingerprint density at radius 1 is 1.40 bits per heavy atom. The summed E-state index contributed by atoms with van der Waals surface area (Å²) in [5.41, 5.74) is 0.842. The predicted octanol–water partition coefficient (Wildman–Crippen LogP) is 1.99. The van der Waals surface area contributed by atoms with Gasteiger partial charge in [0, 0.05) is 30.8 Å². The zero-order valence-electron chi connectivity index (χ0n) is 8.40. The summed E-state index contributed by atoms with van der Waals surface area (Å²) < 4.78 is 0. The van der Waals surface area contributed by atoms with Crippen LogP contribution in [0.15, 0.2) is 24.3 Å². The minimum absolute atomic E-state index is 0.0621. The first-order valence-corrected chi connectivity index (χ1v) is 4.57. The van der Waals surface area contributed by atoms with E-state index in [0.717, 1.165) is 5.69 Å². The number of carbonyl (C=O) groups excluding carboxylic acids is 1. The Bertz CT molecular complexity index is 359. The highest BCUT2D eigenvalue weighted by Crippen LogP contribution is 2.15. The molecular weight excluding hydrogens is 196 g/mol. The van der Waals surface area contributed by atoms with Gasteiger partial charge in [-0.1, -0.05) is 0 Å². The first kappa shape index (κ1) is 11.2. The molecule has 0 saturated carbocycles. The SMILES string of the molecule is CC(=O)CCNc1ccc([N+](=O)[O-])cc1. The van der Waals surface area contributed by atoms with Crippen molar-refractivity contribution in [3.05, 3.63) is 34.4 Å². The smallest absolute Gasteiger partial charge is 0.269 e. The van der Waals surface area contributed by atoms with E-state index in [4.69, 9.17) is 0 Å². The summed E-state index contributed by atoms with van der Waals surface area (Å²) in [6.07, 6.45) is 0.455. The molecule has 1 aromatic carbocycles. The zero-order chi connectivity index (χ0) is 11.3. The second-order valence-corrected chi connectivity index (χ2v) is 3.18. The second-order valence-electron chi connectivity index (χ2n) is 3.18. The van der Waals surface area contributed by atoms with Gasteiger partial charge in [-0.15, -0.1) is 0 Å². The number of nitro benzene ring substituents is 1. The number of ketones is 1. The lowest BCUT2D eigenvalue weighted by Gasteiger charge is -2.03. The number of Topliss-reactive ketones (excluding diaryl/α,β-unsaturated/α-hetero) is 1. The van der Waals surface area contributed by atoms with Crippen molar-refractivity contribution in [3.8, 4) is 0 Å². The molecule has 15 heavy (non-hydrogen) atoms. The Balaban J connectivity index is 2.50. The molecule has 5 nitrogen and oxygen atoms in total. The molecule has 0 atom stereocenters. The van der Waals surface area contributed by atoms with Crippen LogP contribution >= 0.6 is 0 Å². The van der Waals surface area contributed by atoms with Gasteiger partial charge in [0.2, 0.25) is 0 Å². The van der Waals surface area contributed by atoms with Crippen LogP contribution in [0.1, 0.15) is 13.3 Å². The van der Waals surface area contributed by atoms with Gasteiger partial charge in [0.15, 0.2) is 0 Å². The summed E-state index contributed by atoms with van der Waals surface area (Å²) in [7, 11) is 0. The van der Waals surface area contributed by atoms with Crippen molar-refractivity contribution < 1.29 is 9.72 Å². The minimum atomic E-state index is -0.445. The van der Waals surface area contributed by atoms with Crippen LogP contribution in [0.25, 0.3) is 0 Å². The normalized spacial score (nSPS) is 9.67. The first-order chi connectivity index (χ1) is 7.09.